The van der Waals surface area contributed by atoms with Crippen LogP contribution in [0.25, 0.3) is 6.08 Å². The van der Waals surface area contributed by atoms with E-state index in [1.54, 1.807) is 6.07 Å². The molecule has 0 bridgehead atoms. The molecule has 34 heavy (non-hydrogen) atoms. The minimum absolute atomic E-state index is 0.0630. The zero-order valence-electron chi connectivity index (χ0n) is 18.8. The fourth-order valence-corrected chi connectivity index (χ4v) is 3.69. The molecule has 190 valence electrons. The number of hydrogen-bond donors (Lipinski definition) is 6. The number of aliphatic hydroxyl groups excluding tert-OH is 5. The van der Waals surface area contributed by atoms with Gasteiger partial charge in [0, 0.05) is 6.08 Å². The molecule has 2 aliphatic rings. The first-order valence-corrected chi connectivity index (χ1v) is 10.7. The van der Waals surface area contributed by atoms with Gasteiger partial charge < -0.3 is 54.3 Å². The Morgan fingerprint density at radius 2 is 1.56 bits per heavy atom. The van der Waals surface area contributed by atoms with Crippen molar-refractivity contribution in [3.63, 3.8) is 0 Å². The molecule has 12 heteroatoms. The molecule has 2 saturated heterocycles. The summed E-state index contributed by atoms with van der Waals surface area (Å²) in [5, 5.41) is 60.4. The lowest BCUT2D eigenvalue weighted by Crippen LogP contribution is -2.63. The van der Waals surface area contributed by atoms with Crippen LogP contribution in [-0.4, -0.2) is 105 Å². The number of carbonyl (C=O) groups is 1. The number of carbonyl (C=O) groups excluding carboxylic acids is 1. The van der Waals surface area contributed by atoms with E-state index in [0.29, 0.717) is 5.56 Å². The minimum atomic E-state index is -1.69. The molecular weight excluding hydrogens is 456 g/mol. The average molecular weight is 486 g/mol. The number of esters is 1. The summed E-state index contributed by atoms with van der Waals surface area (Å²) in [6.45, 7) is 2.96. The van der Waals surface area contributed by atoms with Gasteiger partial charge in [-0.1, -0.05) is 6.07 Å². The number of ether oxygens (including phenoxy) is 5. The van der Waals surface area contributed by atoms with Crippen LogP contribution in [-0.2, 0) is 23.7 Å². The lowest BCUT2D eigenvalue weighted by molar-refractivity contribution is -0.348. The number of rotatable bonds is 6. The van der Waals surface area contributed by atoms with Crippen molar-refractivity contribution in [1.29, 1.82) is 0 Å². The Morgan fingerprint density at radius 1 is 0.912 bits per heavy atom. The molecule has 1 aromatic rings. The number of methoxy groups -OCH3 is 1. The van der Waals surface area contributed by atoms with Crippen molar-refractivity contribution in [2.75, 3.05) is 7.11 Å². The maximum atomic E-state index is 12.2. The Morgan fingerprint density at radius 3 is 2.24 bits per heavy atom. The van der Waals surface area contributed by atoms with Crippen molar-refractivity contribution >= 4 is 12.0 Å². The van der Waals surface area contributed by atoms with E-state index in [-0.39, 0.29) is 11.5 Å². The van der Waals surface area contributed by atoms with Gasteiger partial charge in [0.05, 0.1) is 19.3 Å². The Balaban J connectivity index is 1.60. The van der Waals surface area contributed by atoms with Crippen LogP contribution in [0.4, 0.5) is 0 Å². The predicted molar refractivity (Wildman–Crippen MR) is 113 cm³/mol. The normalized spacial score (nSPS) is 38.6. The SMILES string of the molecule is COc1cc(/C=C/C(=O)O[C@@H]2OC(C)[C@H](O[C@@H]3OC(C)[C@H](O)C(O)[C@@H]3O)C(O)C2O)ccc1O. The van der Waals surface area contributed by atoms with Crippen LogP contribution in [0.1, 0.15) is 19.4 Å². The number of phenolic OH excluding ortho intramolecular Hbond substituents is 1. The highest BCUT2D eigenvalue weighted by Crippen LogP contribution is 2.30. The Kier molecular flexibility index (Phi) is 8.49. The first-order valence-electron chi connectivity index (χ1n) is 10.7. The van der Waals surface area contributed by atoms with E-state index in [9.17, 15) is 35.4 Å². The zero-order chi connectivity index (χ0) is 25.2. The third-order valence-corrected chi connectivity index (χ3v) is 5.72. The molecule has 12 nitrogen and oxygen atoms in total. The van der Waals surface area contributed by atoms with E-state index in [2.05, 4.69) is 0 Å². The molecule has 0 aromatic heterocycles. The number of hydrogen-bond acceptors (Lipinski definition) is 12. The van der Waals surface area contributed by atoms with Crippen LogP contribution in [0.3, 0.4) is 0 Å². The largest absolute Gasteiger partial charge is 0.504 e. The van der Waals surface area contributed by atoms with Crippen LogP contribution in [0.5, 0.6) is 11.5 Å². The van der Waals surface area contributed by atoms with Crippen LogP contribution >= 0.6 is 0 Å². The third-order valence-electron chi connectivity index (χ3n) is 5.72. The minimum Gasteiger partial charge on any atom is -0.504 e. The van der Waals surface area contributed by atoms with Crippen molar-refractivity contribution in [2.45, 2.75) is 75.3 Å². The molecule has 1 aromatic carbocycles. The van der Waals surface area contributed by atoms with E-state index in [1.165, 1.54) is 39.2 Å². The second-order valence-electron chi connectivity index (χ2n) is 8.17. The second-order valence-corrected chi connectivity index (χ2v) is 8.17. The molecule has 6 N–H and O–H groups in total. The summed E-state index contributed by atoms with van der Waals surface area (Å²) in [5.41, 5.74) is 0.533. The van der Waals surface area contributed by atoms with Crippen LogP contribution in [0, 0.1) is 0 Å². The number of aromatic hydroxyl groups is 1. The summed E-state index contributed by atoms with van der Waals surface area (Å²) in [7, 11) is 1.38. The molecule has 10 atom stereocenters. The molecule has 2 aliphatic heterocycles. The summed E-state index contributed by atoms with van der Waals surface area (Å²) < 4.78 is 26.5. The second kappa shape index (κ2) is 11.0. The van der Waals surface area contributed by atoms with Crippen molar-refractivity contribution in [2.24, 2.45) is 0 Å². The number of phenols is 1. The maximum Gasteiger partial charge on any atom is 0.333 e. The van der Waals surface area contributed by atoms with E-state index in [1.807, 2.05) is 0 Å². The average Bonchev–Trinajstić information content (AvgIpc) is 2.81. The standard InChI is InChI=1S/C22H30O12/c1-9-15(25)16(26)18(28)22(31-9)34-20-10(2)32-21(19(29)17(20)27)33-14(24)7-5-11-4-6-12(23)13(8-11)30-3/h4-10,15-23,25-29H,1-3H3/b7-5+/t9?,10?,15-,16?,17?,18-,19?,20-,21-,22-/m0/s1. The maximum absolute atomic E-state index is 12.2. The Labute approximate surface area is 195 Å². The molecule has 0 aliphatic carbocycles. The summed E-state index contributed by atoms with van der Waals surface area (Å²) in [5.74, 6) is -0.716. The highest BCUT2D eigenvalue weighted by Gasteiger charge is 2.49. The van der Waals surface area contributed by atoms with E-state index >= 15 is 0 Å². The van der Waals surface area contributed by atoms with Gasteiger partial charge in [-0.15, -0.1) is 0 Å². The monoisotopic (exact) mass is 486 g/mol. The highest BCUT2D eigenvalue weighted by atomic mass is 16.7. The fourth-order valence-electron chi connectivity index (χ4n) is 3.69. The number of benzene rings is 1. The molecule has 0 saturated carbocycles. The number of aliphatic hydroxyl groups is 5. The van der Waals surface area contributed by atoms with E-state index < -0.39 is 67.4 Å². The zero-order valence-corrected chi connectivity index (χ0v) is 18.8. The fraction of sp³-hybridized carbons (Fsp3) is 0.591. The van der Waals surface area contributed by atoms with Gasteiger partial charge >= 0.3 is 5.97 Å². The third kappa shape index (κ3) is 5.67. The topological polar surface area (TPSA) is 185 Å². The first kappa shape index (κ1) is 26.3. The smallest absolute Gasteiger partial charge is 0.333 e. The van der Waals surface area contributed by atoms with Gasteiger partial charge in [0.1, 0.15) is 36.6 Å². The molecule has 0 amide bonds. The van der Waals surface area contributed by atoms with Crippen LogP contribution in [0.15, 0.2) is 24.3 Å². The summed E-state index contributed by atoms with van der Waals surface area (Å²) in [4.78, 5) is 12.2. The van der Waals surface area contributed by atoms with Gasteiger partial charge in [0.25, 0.3) is 0 Å². The summed E-state index contributed by atoms with van der Waals surface area (Å²) in [6.07, 6.45) is -11.2. The molecule has 2 heterocycles. The van der Waals surface area contributed by atoms with Crippen molar-refractivity contribution in [3.8, 4) is 11.5 Å². The van der Waals surface area contributed by atoms with E-state index in [0.717, 1.165) is 6.08 Å². The van der Waals surface area contributed by atoms with Crippen molar-refractivity contribution in [1.82, 2.24) is 0 Å². The van der Waals surface area contributed by atoms with Crippen LogP contribution in [0.2, 0.25) is 0 Å². The quantitative estimate of drug-likeness (QED) is 0.205. The van der Waals surface area contributed by atoms with Gasteiger partial charge in [0.2, 0.25) is 6.29 Å². The molecule has 3 rings (SSSR count). The molecule has 0 radical (unpaired) electrons. The van der Waals surface area contributed by atoms with Crippen molar-refractivity contribution in [3.05, 3.63) is 29.8 Å². The van der Waals surface area contributed by atoms with Gasteiger partial charge in [-0.25, -0.2) is 4.79 Å². The lowest BCUT2D eigenvalue weighted by Gasteiger charge is -2.45. The highest BCUT2D eigenvalue weighted by molar-refractivity contribution is 5.87. The molecule has 0 spiro atoms. The first-order chi connectivity index (χ1) is 16.0. The molecule has 2 fully saturated rings. The van der Waals surface area contributed by atoms with Gasteiger partial charge in [0.15, 0.2) is 17.8 Å². The van der Waals surface area contributed by atoms with Gasteiger partial charge in [-0.3, -0.25) is 0 Å². The molecular formula is C22H30O12. The predicted octanol–water partition coefficient (Wildman–Crippen LogP) is -1.36. The Hall–Kier alpha value is -2.29. The molecule has 5 unspecified atom stereocenters. The van der Waals surface area contributed by atoms with Crippen molar-refractivity contribution < 1.29 is 59.1 Å². The van der Waals surface area contributed by atoms with Crippen LogP contribution < -0.4 is 4.74 Å². The summed E-state index contributed by atoms with van der Waals surface area (Å²) in [6, 6.07) is 4.43. The van der Waals surface area contributed by atoms with Gasteiger partial charge in [-0.05, 0) is 37.6 Å². The lowest BCUT2D eigenvalue weighted by atomic mass is 9.97. The Bertz CT molecular complexity index is 875. The van der Waals surface area contributed by atoms with Gasteiger partial charge in [-0.2, -0.15) is 0 Å². The van der Waals surface area contributed by atoms with E-state index in [4.69, 9.17) is 23.7 Å². The summed E-state index contributed by atoms with van der Waals surface area (Å²) >= 11 is 0.